The predicted octanol–water partition coefficient (Wildman–Crippen LogP) is 0.987. The summed E-state index contributed by atoms with van der Waals surface area (Å²) in [6.45, 7) is 0. The standard InChI is InChI=1S/C15H14N4O6/c1-24-13(21)8-3-4-9(14(22)25-2)10(7-8)16-15(23)17-11-5-6-12(20)19-18-11/h3-7H,1-2H3,(H,19,20)(H2,16,17,18,23). The highest BCUT2D eigenvalue weighted by atomic mass is 16.5. The first-order valence-electron chi connectivity index (χ1n) is 6.89. The van der Waals surface area contributed by atoms with Crippen molar-refractivity contribution in [3.8, 4) is 0 Å². The number of hydrogen-bond acceptors (Lipinski definition) is 7. The molecule has 1 aromatic carbocycles. The van der Waals surface area contributed by atoms with Crippen LogP contribution in [0.4, 0.5) is 16.3 Å². The fraction of sp³-hybridized carbons (Fsp3) is 0.133. The summed E-state index contributed by atoms with van der Waals surface area (Å²) in [7, 11) is 2.39. The zero-order valence-corrected chi connectivity index (χ0v) is 13.3. The van der Waals surface area contributed by atoms with Crippen molar-refractivity contribution in [2.75, 3.05) is 24.9 Å². The van der Waals surface area contributed by atoms with Gasteiger partial charge in [-0.2, -0.15) is 5.10 Å². The van der Waals surface area contributed by atoms with Crippen molar-refractivity contribution in [2.45, 2.75) is 0 Å². The molecular formula is C15H14N4O6. The van der Waals surface area contributed by atoms with Crippen LogP contribution < -0.4 is 16.2 Å². The second-order valence-corrected chi connectivity index (χ2v) is 4.63. The highest BCUT2D eigenvalue weighted by Crippen LogP contribution is 2.20. The molecule has 0 aliphatic rings. The number of aromatic amines is 1. The number of aromatic nitrogens is 2. The van der Waals surface area contributed by atoms with Gasteiger partial charge in [0.05, 0.1) is 31.0 Å². The Morgan fingerprint density at radius 2 is 1.72 bits per heavy atom. The monoisotopic (exact) mass is 346 g/mol. The molecule has 1 aromatic heterocycles. The van der Waals surface area contributed by atoms with Gasteiger partial charge in [-0.25, -0.2) is 19.5 Å². The summed E-state index contributed by atoms with van der Waals surface area (Å²) in [6.07, 6.45) is 0. The molecule has 1 heterocycles. The number of anilines is 2. The first kappa shape index (κ1) is 17.7. The summed E-state index contributed by atoms with van der Waals surface area (Å²) >= 11 is 0. The summed E-state index contributed by atoms with van der Waals surface area (Å²) < 4.78 is 9.24. The van der Waals surface area contributed by atoms with Gasteiger partial charge in [-0.15, -0.1) is 0 Å². The number of nitrogens with zero attached hydrogens (tertiary/aromatic N) is 1. The third kappa shape index (κ3) is 4.41. The van der Waals surface area contributed by atoms with E-state index < -0.39 is 23.5 Å². The number of urea groups is 1. The lowest BCUT2D eigenvalue weighted by Gasteiger charge is -2.11. The zero-order chi connectivity index (χ0) is 18.4. The van der Waals surface area contributed by atoms with Crippen molar-refractivity contribution >= 4 is 29.5 Å². The summed E-state index contributed by atoms with van der Waals surface area (Å²) in [5, 5.41) is 10.6. The molecule has 0 atom stereocenters. The molecule has 0 radical (unpaired) electrons. The summed E-state index contributed by atoms with van der Waals surface area (Å²) in [5.41, 5.74) is -0.214. The van der Waals surface area contributed by atoms with E-state index >= 15 is 0 Å². The number of ether oxygens (including phenoxy) is 2. The van der Waals surface area contributed by atoms with Gasteiger partial charge in [-0.05, 0) is 24.3 Å². The van der Waals surface area contributed by atoms with Crippen LogP contribution in [0.15, 0.2) is 35.1 Å². The van der Waals surface area contributed by atoms with Crippen molar-refractivity contribution in [3.63, 3.8) is 0 Å². The van der Waals surface area contributed by atoms with Crippen molar-refractivity contribution in [1.82, 2.24) is 10.2 Å². The van der Waals surface area contributed by atoms with Crippen LogP contribution >= 0.6 is 0 Å². The molecule has 0 unspecified atom stereocenters. The fourth-order valence-corrected chi connectivity index (χ4v) is 1.86. The predicted molar refractivity (Wildman–Crippen MR) is 86.6 cm³/mol. The van der Waals surface area contributed by atoms with Crippen LogP contribution in [0.1, 0.15) is 20.7 Å². The molecule has 130 valence electrons. The first-order valence-corrected chi connectivity index (χ1v) is 6.89. The smallest absolute Gasteiger partial charge is 0.339 e. The number of carbonyl (C=O) groups excluding carboxylic acids is 3. The van der Waals surface area contributed by atoms with Gasteiger partial charge >= 0.3 is 18.0 Å². The summed E-state index contributed by atoms with van der Waals surface area (Å²) in [5.74, 6) is -1.25. The molecule has 2 amide bonds. The van der Waals surface area contributed by atoms with Crippen molar-refractivity contribution < 1.29 is 23.9 Å². The number of rotatable bonds is 4. The van der Waals surface area contributed by atoms with Gasteiger partial charge in [0.1, 0.15) is 0 Å². The minimum absolute atomic E-state index is 0.0386. The van der Waals surface area contributed by atoms with Crippen LogP contribution in [0.3, 0.4) is 0 Å². The van der Waals surface area contributed by atoms with Crippen molar-refractivity contribution in [2.24, 2.45) is 0 Å². The maximum atomic E-state index is 12.1. The fourth-order valence-electron chi connectivity index (χ4n) is 1.86. The van der Waals surface area contributed by atoms with Gasteiger partial charge in [0.15, 0.2) is 5.82 Å². The number of amides is 2. The number of hydrogen-bond donors (Lipinski definition) is 3. The minimum atomic E-state index is -0.744. The van der Waals surface area contributed by atoms with E-state index in [0.29, 0.717) is 0 Å². The summed E-state index contributed by atoms with van der Waals surface area (Å²) in [4.78, 5) is 46.4. The molecule has 10 heteroatoms. The number of methoxy groups -OCH3 is 2. The number of nitrogens with one attached hydrogen (secondary N) is 3. The van der Waals surface area contributed by atoms with Crippen LogP contribution in [0, 0.1) is 0 Å². The zero-order valence-electron chi connectivity index (χ0n) is 13.3. The van der Waals surface area contributed by atoms with Crippen LogP contribution in [-0.4, -0.2) is 42.4 Å². The number of benzene rings is 1. The van der Waals surface area contributed by atoms with Crippen LogP contribution in [0.25, 0.3) is 0 Å². The van der Waals surface area contributed by atoms with E-state index in [9.17, 15) is 19.2 Å². The number of esters is 2. The minimum Gasteiger partial charge on any atom is -0.465 e. The molecule has 25 heavy (non-hydrogen) atoms. The van der Waals surface area contributed by atoms with Crippen LogP contribution in [-0.2, 0) is 9.47 Å². The lowest BCUT2D eigenvalue weighted by Crippen LogP contribution is -2.23. The molecule has 2 rings (SSSR count). The van der Waals surface area contributed by atoms with E-state index in [1.54, 1.807) is 0 Å². The Bertz CT molecular complexity index is 856. The molecule has 2 aromatic rings. The van der Waals surface area contributed by atoms with Gasteiger partial charge in [-0.3, -0.25) is 10.1 Å². The maximum Gasteiger partial charge on any atom is 0.339 e. The molecule has 0 aliphatic carbocycles. The Morgan fingerprint density at radius 1 is 1.00 bits per heavy atom. The van der Waals surface area contributed by atoms with E-state index in [2.05, 4.69) is 30.3 Å². The van der Waals surface area contributed by atoms with Gasteiger partial charge in [-0.1, -0.05) is 0 Å². The lowest BCUT2D eigenvalue weighted by molar-refractivity contribution is 0.0587. The van der Waals surface area contributed by atoms with Crippen molar-refractivity contribution in [1.29, 1.82) is 0 Å². The molecular weight excluding hydrogens is 332 g/mol. The van der Waals surface area contributed by atoms with Gasteiger partial charge < -0.3 is 14.8 Å². The second-order valence-electron chi connectivity index (χ2n) is 4.63. The highest BCUT2D eigenvalue weighted by molar-refractivity contribution is 6.06. The Balaban J connectivity index is 2.26. The van der Waals surface area contributed by atoms with Gasteiger partial charge in [0, 0.05) is 6.07 Å². The van der Waals surface area contributed by atoms with E-state index in [1.807, 2.05) is 0 Å². The Labute approximate surface area is 141 Å². The molecule has 0 aliphatic heterocycles. The third-order valence-electron chi connectivity index (χ3n) is 3.01. The van der Waals surface area contributed by atoms with Crippen LogP contribution in [0.5, 0.6) is 0 Å². The third-order valence-corrected chi connectivity index (χ3v) is 3.01. The number of carbonyl (C=O) groups is 3. The second kappa shape index (κ2) is 7.73. The molecule has 0 saturated carbocycles. The summed E-state index contributed by atoms with van der Waals surface area (Å²) in [6, 6.07) is 5.70. The normalized spacial score (nSPS) is 9.84. The molecule has 3 N–H and O–H groups in total. The molecule has 0 fully saturated rings. The Morgan fingerprint density at radius 3 is 2.32 bits per heavy atom. The lowest BCUT2D eigenvalue weighted by atomic mass is 10.1. The topological polar surface area (TPSA) is 139 Å². The maximum absolute atomic E-state index is 12.1. The van der Waals surface area contributed by atoms with Gasteiger partial charge in [0.2, 0.25) is 0 Å². The molecule has 0 saturated heterocycles. The average molecular weight is 346 g/mol. The van der Waals surface area contributed by atoms with Crippen LogP contribution in [0.2, 0.25) is 0 Å². The Kier molecular flexibility index (Phi) is 5.46. The van der Waals surface area contributed by atoms with E-state index in [1.165, 1.54) is 44.6 Å². The molecule has 10 nitrogen and oxygen atoms in total. The van der Waals surface area contributed by atoms with Gasteiger partial charge in [0.25, 0.3) is 5.56 Å². The quantitative estimate of drug-likeness (QED) is 0.701. The molecule has 0 spiro atoms. The largest absolute Gasteiger partial charge is 0.465 e. The average Bonchev–Trinajstić information content (AvgIpc) is 2.62. The van der Waals surface area contributed by atoms with E-state index in [0.717, 1.165) is 0 Å². The van der Waals surface area contributed by atoms with E-state index in [-0.39, 0.29) is 22.6 Å². The number of H-pyrrole nitrogens is 1. The SMILES string of the molecule is COC(=O)c1ccc(C(=O)OC)c(NC(=O)Nc2ccc(=O)[nH]n2)c1. The molecule has 0 bridgehead atoms. The van der Waals surface area contributed by atoms with E-state index in [4.69, 9.17) is 0 Å². The Hall–Kier alpha value is -3.69. The first-order chi connectivity index (χ1) is 11.9. The highest BCUT2D eigenvalue weighted by Gasteiger charge is 2.17. The van der Waals surface area contributed by atoms with Crippen molar-refractivity contribution in [3.05, 3.63) is 51.8 Å².